The topological polar surface area (TPSA) is 154 Å². The molecule has 0 amide bonds. The molecule has 0 rings (SSSR count). The molecule has 0 spiro atoms. The van der Waals surface area contributed by atoms with E-state index in [0.29, 0.717) is 0 Å². The molecule has 0 fully saturated rings. The molecule has 26 heteroatoms. The summed E-state index contributed by atoms with van der Waals surface area (Å²) in [5.41, 5.74) is 0. The van der Waals surface area contributed by atoms with Crippen LogP contribution in [0.1, 0.15) is 0 Å². The Morgan fingerprint density at radius 2 is 0.745 bits per heavy atom. The van der Waals surface area contributed by atoms with Crippen LogP contribution < -0.4 is 0 Å². The fourth-order valence-corrected chi connectivity index (χ4v) is 3.75. The molecule has 0 aromatic heterocycles. The van der Waals surface area contributed by atoms with Gasteiger partial charge in [-0.15, -0.1) is 0 Å². The molecular formula is C21H38F8N2O16. The van der Waals surface area contributed by atoms with E-state index in [2.05, 4.69) is 59.7 Å². The fourth-order valence-electron chi connectivity index (χ4n) is 3.75. The highest BCUT2D eigenvalue weighted by molar-refractivity contribution is 4.76. The lowest BCUT2D eigenvalue weighted by molar-refractivity contribution is -0.484. The van der Waals surface area contributed by atoms with Crippen LogP contribution in [0.15, 0.2) is 0 Å². The molecule has 47 heavy (non-hydrogen) atoms. The minimum Gasteiger partial charge on any atom is -0.376 e. The average molecular weight is 727 g/mol. The Kier molecular flexibility index (Phi) is 33.6. The molecule has 4 atom stereocenters. The second kappa shape index (κ2) is 34.6. The number of rotatable bonds is 38. The molecule has 0 aromatic carbocycles. The highest BCUT2D eigenvalue weighted by Crippen LogP contribution is 2.11. The van der Waals surface area contributed by atoms with Crippen LogP contribution in [-0.4, -0.2) is 146 Å². The number of halogens is 8. The summed E-state index contributed by atoms with van der Waals surface area (Å²) >= 11 is 0. The van der Waals surface area contributed by atoms with Crippen molar-refractivity contribution in [3.63, 3.8) is 0 Å². The average Bonchev–Trinajstić information content (AvgIpc) is 3.06. The normalized spacial score (nSPS) is 14.7. The van der Waals surface area contributed by atoms with Crippen LogP contribution in [0.2, 0.25) is 0 Å². The standard InChI is InChI=1S/C21H38F8N2O16/c22-36-5-1-32-13-18(34-3-7-38-24)9-30(10-19(35-4-8-39-25)14-33-2-6-37-23)17-31(11-20(42-46-28)15-40-44-26)12-21(43-47-29)16-41-45-27/h18-21H,1-17H2. The summed E-state index contributed by atoms with van der Waals surface area (Å²) in [4.78, 5) is 33.7. The van der Waals surface area contributed by atoms with E-state index in [0.717, 1.165) is 0 Å². The SMILES string of the molecule is FOCCOCC(CN(CC(COCCOF)OCCOF)CN(CC(COOF)OOF)CC(COOF)OOF)OCCOF. The minimum atomic E-state index is -1.47. The summed E-state index contributed by atoms with van der Waals surface area (Å²) in [6.07, 6.45) is -4.82. The molecule has 4 unspecified atom stereocenters. The lowest BCUT2D eigenvalue weighted by atomic mass is 10.2. The first kappa shape index (κ1) is 45.7. The Bertz CT molecular complexity index is 609. The number of hydrogen-bond acceptors (Lipinski definition) is 18. The second-order valence-corrected chi connectivity index (χ2v) is 8.86. The third kappa shape index (κ3) is 27.3. The number of hydrogen-bond donors (Lipinski definition) is 0. The molecule has 0 aliphatic heterocycles. The van der Waals surface area contributed by atoms with Crippen molar-refractivity contribution in [1.29, 1.82) is 0 Å². The molecule has 0 heterocycles. The van der Waals surface area contributed by atoms with E-state index in [4.69, 9.17) is 18.9 Å². The van der Waals surface area contributed by atoms with Crippen molar-refractivity contribution in [2.75, 3.05) is 112 Å². The smallest absolute Gasteiger partial charge is 0.136 e. The van der Waals surface area contributed by atoms with Crippen molar-refractivity contribution >= 4 is 0 Å². The Balaban J connectivity index is 6.31. The summed E-state index contributed by atoms with van der Waals surface area (Å²) in [6, 6.07) is 0. The van der Waals surface area contributed by atoms with Gasteiger partial charge in [0.05, 0.1) is 58.5 Å². The van der Waals surface area contributed by atoms with Gasteiger partial charge in [0.1, 0.15) is 51.8 Å². The molecule has 0 N–H and O–H groups in total. The van der Waals surface area contributed by atoms with Gasteiger partial charge in [0.25, 0.3) is 0 Å². The maximum absolute atomic E-state index is 12.6. The quantitative estimate of drug-likeness (QED) is 0.0299. The van der Waals surface area contributed by atoms with Gasteiger partial charge in [0, 0.05) is 26.2 Å². The Morgan fingerprint density at radius 3 is 1.09 bits per heavy atom. The van der Waals surface area contributed by atoms with E-state index >= 15 is 0 Å². The fraction of sp³-hybridized carbons (Fsp3) is 1.00. The van der Waals surface area contributed by atoms with Crippen molar-refractivity contribution in [2.45, 2.75) is 24.4 Å². The highest BCUT2D eigenvalue weighted by Gasteiger charge is 2.28. The lowest BCUT2D eigenvalue weighted by Crippen LogP contribution is -2.51. The Labute approximate surface area is 262 Å². The van der Waals surface area contributed by atoms with Gasteiger partial charge in [-0.1, -0.05) is 0 Å². The van der Waals surface area contributed by atoms with Crippen molar-refractivity contribution in [3.8, 4) is 0 Å². The zero-order valence-corrected chi connectivity index (χ0v) is 24.8. The zero-order chi connectivity index (χ0) is 34.8. The van der Waals surface area contributed by atoms with Crippen molar-refractivity contribution in [1.82, 2.24) is 9.80 Å². The molecule has 0 saturated carbocycles. The van der Waals surface area contributed by atoms with E-state index in [1.807, 2.05) is 0 Å². The van der Waals surface area contributed by atoms with Crippen molar-refractivity contribution in [3.05, 3.63) is 0 Å². The van der Waals surface area contributed by atoms with E-state index < -0.39 is 77.1 Å². The van der Waals surface area contributed by atoms with Gasteiger partial charge in [0.15, 0.2) is 0 Å². The minimum absolute atomic E-state index is 0.156. The molecular weight excluding hydrogens is 688 g/mol. The van der Waals surface area contributed by atoms with E-state index in [9.17, 15) is 36.2 Å². The molecule has 0 saturated heterocycles. The summed E-state index contributed by atoms with van der Waals surface area (Å²) in [6.45, 7) is -6.49. The molecule has 0 aliphatic carbocycles. The number of nitrogens with zero attached hydrogens (tertiary/aromatic N) is 2. The maximum atomic E-state index is 12.6. The Hall–Kier alpha value is -1.28. The third-order valence-electron chi connectivity index (χ3n) is 5.43. The van der Waals surface area contributed by atoms with Crippen LogP contribution in [0.4, 0.5) is 36.2 Å². The van der Waals surface area contributed by atoms with Gasteiger partial charge >= 0.3 is 0 Å². The van der Waals surface area contributed by atoms with Gasteiger partial charge in [0.2, 0.25) is 0 Å². The Morgan fingerprint density at radius 1 is 0.383 bits per heavy atom. The van der Waals surface area contributed by atoms with Crippen LogP contribution in [0.5, 0.6) is 0 Å². The zero-order valence-electron chi connectivity index (χ0n) is 24.8. The van der Waals surface area contributed by atoms with Crippen molar-refractivity contribution < 1.29 is 115 Å². The molecule has 0 aromatic rings. The van der Waals surface area contributed by atoms with E-state index in [1.54, 1.807) is 0 Å². The highest BCUT2D eigenvalue weighted by atomic mass is 19.3. The number of ether oxygens (including phenoxy) is 4. The molecule has 284 valence electrons. The molecule has 0 bridgehead atoms. The summed E-state index contributed by atoms with van der Waals surface area (Å²) in [7, 11) is 0. The van der Waals surface area contributed by atoms with Gasteiger partial charge in [-0.05, 0) is 56.6 Å². The van der Waals surface area contributed by atoms with Crippen molar-refractivity contribution in [2.24, 2.45) is 0 Å². The summed E-state index contributed by atoms with van der Waals surface area (Å²) in [5.74, 6) is 0. The third-order valence-corrected chi connectivity index (χ3v) is 5.43. The lowest BCUT2D eigenvalue weighted by Gasteiger charge is -2.36. The summed E-state index contributed by atoms with van der Waals surface area (Å²) < 4.78 is 120. The molecule has 0 aliphatic rings. The first-order valence-electron chi connectivity index (χ1n) is 13.5. The second-order valence-electron chi connectivity index (χ2n) is 8.86. The predicted molar refractivity (Wildman–Crippen MR) is 128 cm³/mol. The van der Waals surface area contributed by atoms with Gasteiger partial charge in [-0.3, -0.25) is 9.80 Å². The van der Waals surface area contributed by atoms with Gasteiger partial charge in [-0.2, -0.15) is 39.3 Å². The first-order chi connectivity index (χ1) is 23.0. The van der Waals surface area contributed by atoms with E-state index in [-0.39, 0.29) is 59.4 Å². The van der Waals surface area contributed by atoms with Gasteiger partial charge < -0.3 is 18.9 Å². The van der Waals surface area contributed by atoms with Crippen LogP contribution in [-0.2, 0) is 78.6 Å². The van der Waals surface area contributed by atoms with Crippen LogP contribution in [0, 0.1) is 0 Å². The first-order valence-corrected chi connectivity index (χ1v) is 13.5. The van der Waals surface area contributed by atoms with Crippen LogP contribution in [0.25, 0.3) is 0 Å². The van der Waals surface area contributed by atoms with Crippen LogP contribution >= 0.6 is 0 Å². The van der Waals surface area contributed by atoms with Gasteiger partial charge in [-0.25, -0.2) is 0 Å². The predicted octanol–water partition coefficient (Wildman–Crippen LogP) is 2.02. The maximum Gasteiger partial charge on any atom is 0.136 e. The van der Waals surface area contributed by atoms with Crippen LogP contribution in [0.3, 0.4) is 0 Å². The molecule has 18 nitrogen and oxygen atoms in total. The summed E-state index contributed by atoms with van der Waals surface area (Å²) in [5, 5.41) is 12.3. The largest absolute Gasteiger partial charge is 0.376 e. The van der Waals surface area contributed by atoms with E-state index in [1.165, 1.54) is 9.80 Å². The molecule has 0 radical (unpaired) electrons. The monoisotopic (exact) mass is 726 g/mol.